The summed E-state index contributed by atoms with van der Waals surface area (Å²) in [5.41, 5.74) is 1.14. The minimum absolute atomic E-state index is 0.0423. The number of aromatic nitrogens is 1. The topological polar surface area (TPSA) is 71.1 Å². The molecule has 5 nitrogen and oxygen atoms in total. The smallest absolute Gasteiger partial charge is 0.251 e. The number of nitrogens with one attached hydrogen (secondary N) is 2. The number of benzene rings is 1. The van der Waals surface area contributed by atoms with Crippen LogP contribution in [0.25, 0.3) is 0 Å². The van der Waals surface area contributed by atoms with Gasteiger partial charge in [-0.1, -0.05) is 44.2 Å². The molecule has 2 aromatic rings. The molecular formula is C21H25N3O2S. The molecule has 2 N–H and O–H groups in total. The van der Waals surface area contributed by atoms with Gasteiger partial charge in [0.1, 0.15) is 0 Å². The van der Waals surface area contributed by atoms with Crippen LogP contribution < -0.4 is 10.6 Å². The van der Waals surface area contributed by atoms with Gasteiger partial charge < -0.3 is 10.6 Å². The molecule has 2 saturated carbocycles. The van der Waals surface area contributed by atoms with E-state index in [1.165, 1.54) is 43.4 Å². The summed E-state index contributed by atoms with van der Waals surface area (Å²) in [6.45, 7) is 0. The average Bonchev–Trinajstić information content (AvgIpc) is 3.29. The number of anilines is 1. The third-order valence-corrected chi connectivity index (χ3v) is 6.87. The van der Waals surface area contributed by atoms with Crippen molar-refractivity contribution in [3.05, 3.63) is 47.0 Å². The van der Waals surface area contributed by atoms with Gasteiger partial charge in [-0.05, 0) is 36.0 Å². The summed E-state index contributed by atoms with van der Waals surface area (Å²) in [4.78, 5) is 29.4. The Labute approximate surface area is 163 Å². The number of rotatable bonds is 5. The first kappa shape index (κ1) is 18.2. The Bertz CT molecular complexity index is 812. The molecule has 27 heavy (non-hydrogen) atoms. The predicted octanol–water partition coefficient (Wildman–Crippen LogP) is 3.98. The summed E-state index contributed by atoms with van der Waals surface area (Å²) in [7, 11) is 1.62. The molecule has 1 aromatic carbocycles. The zero-order valence-electron chi connectivity index (χ0n) is 15.5. The van der Waals surface area contributed by atoms with Crippen LogP contribution in [0.4, 0.5) is 5.13 Å². The minimum atomic E-state index is -0.491. The molecule has 2 atom stereocenters. The summed E-state index contributed by atoms with van der Waals surface area (Å²) in [6, 6.07) is 7.55. The lowest BCUT2D eigenvalue weighted by Gasteiger charge is -2.25. The number of carbonyl (C=O) groups excluding carboxylic acids is 2. The summed E-state index contributed by atoms with van der Waals surface area (Å²) >= 11 is 1.44. The lowest BCUT2D eigenvalue weighted by Crippen LogP contribution is -2.32. The molecule has 2 aliphatic carbocycles. The van der Waals surface area contributed by atoms with Crippen molar-refractivity contribution in [1.29, 1.82) is 0 Å². The summed E-state index contributed by atoms with van der Waals surface area (Å²) in [5.74, 6) is 0.922. The molecule has 2 amide bonds. The first-order valence-electron chi connectivity index (χ1n) is 9.68. The molecule has 1 aromatic heterocycles. The number of hydrogen-bond donors (Lipinski definition) is 2. The van der Waals surface area contributed by atoms with Crippen LogP contribution in [-0.2, 0) is 10.2 Å². The van der Waals surface area contributed by atoms with E-state index in [4.69, 9.17) is 0 Å². The molecule has 1 heterocycles. The van der Waals surface area contributed by atoms with Gasteiger partial charge in [0, 0.05) is 24.2 Å². The van der Waals surface area contributed by atoms with Crippen LogP contribution in [0.5, 0.6) is 0 Å². The maximum Gasteiger partial charge on any atom is 0.251 e. The number of nitrogens with zero attached hydrogens (tertiary/aromatic N) is 1. The van der Waals surface area contributed by atoms with Crippen molar-refractivity contribution in [3.63, 3.8) is 0 Å². The van der Waals surface area contributed by atoms with E-state index in [0.29, 0.717) is 22.5 Å². The zero-order valence-corrected chi connectivity index (χ0v) is 16.3. The van der Waals surface area contributed by atoms with E-state index in [9.17, 15) is 9.59 Å². The maximum absolute atomic E-state index is 13.3. The van der Waals surface area contributed by atoms with Gasteiger partial charge in [0.15, 0.2) is 5.13 Å². The van der Waals surface area contributed by atoms with E-state index in [-0.39, 0.29) is 11.8 Å². The van der Waals surface area contributed by atoms with Crippen molar-refractivity contribution >= 4 is 28.3 Å². The van der Waals surface area contributed by atoms with Gasteiger partial charge in [-0.3, -0.25) is 9.59 Å². The fourth-order valence-corrected chi connectivity index (χ4v) is 5.20. The standard InChI is InChI=1S/C21H25N3O2S/c1-22-18(25)15-7-9-16(10-8-15)21(19(26)24-20-23-11-12-27-20)13-17(21)14-5-3-2-4-6-14/h7-12,14,17H,2-6,13H2,1H3,(H,22,25)(H,23,24,26). The van der Waals surface area contributed by atoms with Gasteiger partial charge in [-0.2, -0.15) is 0 Å². The lowest BCUT2D eigenvalue weighted by atomic mass is 9.80. The van der Waals surface area contributed by atoms with Crippen LogP contribution in [0.15, 0.2) is 35.8 Å². The summed E-state index contributed by atoms with van der Waals surface area (Å²) in [5, 5.41) is 8.19. The highest BCUT2D eigenvalue weighted by atomic mass is 32.1. The SMILES string of the molecule is CNC(=O)c1ccc(C2(C(=O)Nc3nccs3)CC2C2CCCCC2)cc1. The Morgan fingerprint density at radius 2 is 1.89 bits per heavy atom. The fourth-order valence-electron chi connectivity index (χ4n) is 4.67. The van der Waals surface area contributed by atoms with E-state index in [0.717, 1.165) is 12.0 Å². The molecule has 142 valence electrons. The first-order chi connectivity index (χ1) is 13.1. The van der Waals surface area contributed by atoms with E-state index in [2.05, 4.69) is 15.6 Å². The molecule has 0 radical (unpaired) electrons. The summed E-state index contributed by atoms with van der Waals surface area (Å²) < 4.78 is 0. The Kier molecular flexibility index (Phi) is 5.00. The Hall–Kier alpha value is -2.21. The minimum Gasteiger partial charge on any atom is -0.355 e. The summed E-state index contributed by atoms with van der Waals surface area (Å²) in [6.07, 6.45) is 8.86. The van der Waals surface area contributed by atoms with Crippen LogP contribution in [0.1, 0.15) is 54.4 Å². The quantitative estimate of drug-likeness (QED) is 0.820. The maximum atomic E-state index is 13.3. The molecule has 0 bridgehead atoms. The largest absolute Gasteiger partial charge is 0.355 e. The molecule has 4 rings (SSSR count). The van der Waals surface area contributed by atoms with Crippen LogP contribution >= 0.6 is 11.3 Å². The Balaban J connectivity index is 1.62. The van der Waals surface area contributed by atoms with Crippen LogP contribution in [0.2, 0.25) is 0 Å². The second-order valence-electron chi connectivity index (χ2n) is 7.63. The zero-order chi connectivity index (χ0) is 18.9. The van der Waals surface area contributed by atoms with Crippen LogP contribution in [-0.4, -0.2) is 23.8 Å². The number of amides is 2. The van der Waals surface area contributed by atoms with Crippen LogP contribution in [0, 0.1) is 11.8 Å². The molecule has 6 heteroatoms. The van der Waals surface area contributed by atoms with Crippen molar-refractivity contribution in [2.75, 3.05) is 12.4 Å². The van der Waals surface area contributed by atoms with E-state index < -0.39 is 5.41 Å². The Morgan fingerprint density at radius 3 is 2.52 bits per heavy atom. The highest BCUT2D eigenvalue weighted by Crippen LogP contribution is 2.61. The molecule has 2 fully saturated rings. The van der Waals surface area contributed by atoms with Gasteiger partial charge in [0.2, 0.25) is 5.91 Å². The van der Waals surface area contributed by atoms with Crippen molar-refractivity contribution < 1.29 is 9.59 Å². The van der Waals surface area contributed by atoms with Gasteiger partial charge >= 0.3 is 0 Å². The first-order valence-corrected chi connectivity index (χ1v) is 10.6. The molecule has 2 aliphatic rings. The average molecular weight is 384 g/mol. The normalized spacial score (nSPS) is 25.0. The van der Waals surface area contributed by atoms with Crippen molar-refractivity contribution in [3.8, 4) is 0 Å². The second-order valence-corrected chi connectivity index (χ2v) is 8.52. The van der Waals surface area contributed by atoms with E-state index in [1.807, 2.05) is 29.6 Å². The molecule has 2 unspecified atom stereocenters. The van der Waals surface area contributed by atoms with Gasteiger partial charge in [-0.15, -0.1) is 11.3 Å². The Morgan fingerprint density at radius 1 is 1.15 bits per heavy atom. The molecule has 0 saturated heterocycles. The molecule has 0 aliphatic heterocycles. The monoisotopic (exact) mass is 383 g/mol. The van der Waals surface area contributed by atoms with Gasteiger partial charge in [-0.25, -0.2) is 4.98 Å². The fraction of sp³-hybridized carbons (Fsp3) is 0.476. The highest BCUT2D eigenvalue weighted by molar-refractivity contribution is 7.13. The van der Waals surface area contributed by atoms with Crippen LogP contribution in [0.3, 0.4) is 0 Å². The van der Waals surface area contributed by atoms with Gasteiger partial charge in [0.05, 0.1) is 5.41 Å². The molecular weight excluding hydrogens is 358 g/mol. The van der Waals surface area contributed by atoms with Crippen molar-refractivity contribution in [2.45, 2.75) is 43.9 Å². The van der Waals surface area contributed by atoms with Gasteiger partial charge in [0.25, 0.3) is 5.91 Å². The third-order valence-electron chi connectivity index (χ3n) is 6.18. The number of carbonyl (C=O) groups is 2. The predicted molar refractivity (Wildman–Crippen MR) is 107 cm³/mol. The highest BCUT2D eigenvalue weighted by Gasteiger charge is 2.63. The number of thiazole rings is 1. The lowest BCUT2D eigenvalue weighted by molar-refractivity contribution is -0.119. The van der Waals surface area contributed by atoms with Crippen molar-refractivity contribution in [2.24, 2.45) is 11.8 Å². The van der Waals surface area contributed by atoms with E-state index >= 15 is 0 Å². The molecule has 0 spiro atoms. The number of hydrogen-bond acceptors (Lipinski definition) is 4. The van der Waals surface area contributed by atoms with Crippen molar-refractivity contribution in [1.82, 2.24) is 10.3 Å². The van der Waals surface area contributed by atoms with E-state index in [1.54, 1.807) is 13.2 Å². The third kappa shape index (κ3) is 3.38. The second kappa shape index (κ2) is 7.43.